The molecular weight excluding hydrogens is 363 g/mol. The summed E-state index contributed by atoms with van der Waals surface area (Å²) in [5.41, 5.74) is 6.62. The number of nitrogens with zero attached hydrogens (tertiary/aromatic N) is 1. The van der Waals surface area contributed by atoms with Crippen molar-refractivity contribution >= 4 is 40.9 Å². The molecule has 1 fully saturated rings. The smallest absolute Gasteiger partial charge is 0.253 e. The van der Waals surface area contributed by atoms with Crippen molar-refractivity contribution in [3.05, 3.63) is 33.4 Å². The molecule has 18 heavy (non-hydrogen) atoms. The summed E-state index contributed by atoms with van der Waals surface area (Å²) in [6.07, 6.45) is 1.000. The van der Waals surface area contributed by atoms with Crippen molar-refractivity contribution < 1.29 is 4.79 Å². The topological polar surface area (TPSA) is 46.3 Å². The number of amides is 1. The number of halogens is 2. The minimum Gasteiger partial charge on any atom is -0.338 e. The van der Waals surface area contributed by atoms with Crippen molar-refractivity contribution in [1.82, 2.24) is 4.90 Å². The summed E-state index contributed by atoms with van der Waals surface area (Å²) in [5, 5.41) is 0. The van der Waals surface area contributed by atoms with Crippen molar-refractivity contribution in [2.24, 2.45) is 11.1 Å². The van der Waals surface area contributed by atoms with Gasteiger partial charge in [0, 0.05) is 22.2 Å². The Morgan fingerprint density at radius 1 is 1.44 bits per heavy atom. The summed E-state index contributed by atoms with van der Waals surface area (Å²) in [5.74, 6) is 0.124. The lowest BCUT2D eigenvalue weighted by Gasteiger charge is -2.22. The molecule has 1 saturated heterocycles. The normalized spacial score (nSPS) is 22.7. The lowest BCUT2D eigenvalue weighted by Crippen LogP contribution is -2.34. The first-order chi connectivity index (χ1) is 8.04. The second-order valence-electron chi connectivity index (χ2n) is 5.00. The lowest BCUT2D eigenvalue weighted by atomic mass is 9.90. The summed E-state index contributed by atoms with van der Waals surface area (Å²) in [4.78, 5) is 14.2. The summed E-state index contributed by atoms with van der Waals surface area (Å²) in [6, 6.07) is 7.71. The van der Waals surface area contributed by atoms with Crippen LogP contribution >= 0.6 is 35.0 Å². The van der Waals surface area contributed by atoms with Gasteiger partial charge in [0.15, 0.2) is 0 Å². The van der Waals surface area contributed by atoms with Gasteiger partial charge in [-0.05, 0) is 65.2 Å². The number of hydrogen-bond acceptors (Lipinski definition) is 2. The average Bonchev–Trinajstić information content (AvgIpc) is 2.73. The molecule has 1 aliphatic heterocycles. The second kappa shape index (κ2) is 6.21. The van der Waals surface area contributed by atoms with Gasteiger partial charge in [0.1, 0.15) is 0 Å². The highest BCUT2D eigenvalue weighted by molar-refractivity contribution is 14.1. The fourth-order valence-electron chi connectivity index (χ4n) is 2.14. The maximum absolute atomic E-state index is 12.2. The van der Waals surface area contributed by atoms with Crippen molar-refractivity contribution in [3.63, 3.8) is 0 Å². The number of nitrogens with two attached hydrogens (primary N) is 1. The molecule has 1 amide bonds. The van der Waals surface area contributed by atoms with Crippen molar-refractivity contribution in [1.29, 1.82) is 0 Å². The van der Waals surface area contributed by atoms with Gasteiger partial charge in [-0.2, -0.15) is 0 Å². The lowest BCUT2D eigenvalue weighted by molar-refractivity contribution is 0.0777. The monoisotopic (exact) mass is 380 g/mol. The van der Waals surface area contributed by atoms with Crippen molar-refractivity contribution in [3.8, 4) is 0 Å². The highest BCUT2D eigenvalue weighted by atomic mass is 127. The molecule has 1 atom stereocenters. The van der Waals surface area contributed by atoms with Gasteiger partial charge in [-0.15, -0.1) is 12.4 Å². The number of rotatable bonds is 2. The van der Waals surface area contributed by atoms with E-state index >= 15 is 0 Å². The third kappa shape index (κ3) is 3.36. The molecule has 100 valence electrons. The van der Waals surface area contributed by atoms with Crippen LogP contribution in [0, 0.1) is 8.99 Å². The zero-order valence-corrected chi connectivity index (χ0v) is 13.3. The molecule has 0 aliphatic carbocycles. The summed E-state index contributed by atoms with van der Waals surface area (Å²) < 4.78 is 1.15. The zero-order valence-electron chi connectivity index (χ0n) is 10.4. The van der Waals surface area contributed by atoms with E-state index in [1.54, 1.807) is 0 Å². The third-order valence-corrected chi connectivity index (χ3v) is 4.15. The first-order valence-electron chi connectivity index (χ1n) is 5.79. The molecule has 1 aliphatic rings. The molecule has 3 nitrogen and oxygen atoms in total. The SMILES string of the molecule is CC1(CN)CCN(C(=O)c2ccc(I)cc2)C1.Cl. The van der Waals surface area contributed by atoms with Crippen LogP contribution < -0.4 is 5.73 Å². The van der Waals surface area contributed by atoms with E-state index in [9.17, 15) is 4.79 Å². The van der Waals surface area contributed by atoms with Gasteiger partial charge in [-0.1, -0.05) is 6.92 Å². The number of carbonyl (C=O) groups is 1. The predicted molar refractivity (Wildman–Crippen MR) is 84.1 cm³/mol. The summed E-state index contributed by atoms with van der Waals surface area (Å²) in [6.45, 7) is 4.38. The van der Waals surface area contributed by atoms with Crippen LogP contribution in [0.1, 0.15) is 23.7 Å². The third-order valence-electron chi connectivity index (χ3n) is 3.43. The van der Waals surface area contributed by atoms with Gasteiger partial charge in [0.2, 0.25) is 0 Å². The molecule has 5 heteroatoms. The van der Waals surface area contributed by atoms with Crippen LogP contribution in [0.5, 0.6) is 0 Å². The molecule has 0 spiro atoms. The Hall–Kier alpha value is -0.330. The van der Waals surface area contributed by atoms with Gasteiger partial charge in [-0.3, -0.25) is 4.79 Å². The Morgan fingerprint density at radius 3 is 2.56 bits per heavy atom. The molecule has 2 N–H and O–H groups in total. The minimum atomic E-state index is 0. The van der Waals surface area contributed by atoms with Crippen LogP contribution in [0.25, 0.3) is 0 Å². The second-order valence-corrected chi connectivity index (χ2v) is 6.24. The first kappa shape index (κ1) is 15.7. The fourth-order valence-corrected chi connectivity index (χ4v) is 2.50. The van der Waals surface area contributed by atoms with E-state index in [1.807, 2.05) is 29.2 Å². The number of benzene rings is 1. The molecule has 0 radical (unpaired) electrons. The molecule has 1 heterocycles. The van der Waals surface area contributed by atoms with Crippen LogP contribution in [0.2, 0.25) is 0 Å². The Morgan fingerprint density at radius 2 is 2.06 bits per heavy atom. The van der Waals surface area contributed by atoms with Crippen LogP contribution in [0.15, 0.2) is 24.3 Å². The van der Waals surface area contributed by atoms with Crippen LogP contribution in [-0.2, 0) is 0 Å². The quantitative estimate of drug-likeness (QED) is 0.802. The van der Waals surface area contributed by atoms with Crippen LogP contribution in [0.4, 0.5) is 0 Å². The Bertz CT molecular complexity index is 424. The zero-order chi connectivity index (χ0) is 12.5. The first-order valence-corrected chi connectivity index (χ1v) is 6.87. The van der Waals surface area contributed by atoms with E-state index in [2.05, 4.69) is 29.5 Å². The molecule has 1 aromatic carbocycles. The molecular formula is C13H18ClIN2O. The maximum Gasteiger partial charge on any atom is 0.253 e. The van der Waals surface area contributed by atoms with E-state index in [1.165, 1.54) is 0 Å². The molecule has 2 rings (SSSR count). The predicted octanol–water partition coefficient (Wildman–Crippen LogP) is 2.52. The fraction of sp³-hybridized carbons (Fsp3) is 0.462. The van der Waals surface area contributed by atoms with Crippen LogP contribution in [0.3, 0.4) is 0 Å². The number of likely N-dealkylation sites (tertiary alicyclic amines) is 1. The molecule has 0 bridgehead atoms. The molecule has 0 saturated carbocycles. The Balaban J connectivity index is 0.00000162. The summed E-state index contributed by atoms with van der Waals surface area (Å²) >= 11 is 2.24. The standard InChI is InChI=1S/C13H17IN2O.ClH/c1-13(8-15)6-7-16(9-13)12(17)10-2-4-11(14)5-3-10;/h2-5H,6-9,15H2,1H3;1H. The van der Waals surface area contributed by atoms with Crippen molar-refractivity contribution in [2.45, 2.75) is 13.3 Å². The largest absolute Gasteiger partial charge is 0.338 e. The van der Waals surface area contributed by atoms with E-state index in [4.69, 9.17) is 5.73 Å². The average molecular weight is 381 g/mol. The van der Waals surface area contributed by atoms with E-state index in [-0.39, 0.29) is 23.7 Å². The van der Waals surface area contributed by atoms with Gasteiger partial charge in [0.05, 0.1) is 0 Å². The highest BCUT2D eigenvalue weighted by Crippen LogP contribution is 2.29. The van der Waals surface area contributed by atoms with Gasteiger partial charge in [0.25, 0.3) is 5.91 Å². The van der Waals surface area contributed by atoms with Gasteiger partial charge < -0.3 is 10.6 Å². The molecule has 0 aromatic heterocycles. The maximum atomic E-state index is 12.2. The van der Waals surface area contributed by atoms with Crippen molar-refractivity contribution in [2.75, 3.05) is 19.6 Å². The number of carbonyl (C=O) groups excluding carboxylic acids is 1. The molecule has 1 unspecified atom stereocenters. The van der Waals surface area contributed by atoms with E-state index in [0.29, 0.717) is 6.54 Å². The molecule has 1 aromatic rings. The van der Waals surface area contributed by atoms with E-state index in [0.717, 1.165) is 28.6 Å². The highest BCUT2D eigenvalue weighted by Gasteiger charge is 2.35. The number of hydrogen-bond donors (Lipinski definition) is 1. The Labute approximate surface area is 128 Å². The van der Waals surface area contributed by atoms with Gasteiger partial charge in [-0.25, -0.2) is 0 Å². The van der Waals surface area contributed by atoms with E-state index < -0.39 is 0 Å². The van der Waals surface area contributed by atoms with Crippen LogP contribution in [-0.4, -0.2) is 30.4 Å². The van der Waals surface area contributed by atoms with Gasteiger partial charge >= 0.3 is 0 Å². The minimum absolute atomic E-state index is 0. The Kier molecular flexibility index (Phi) is 5.43. The summed E-state index contributed by atoms with van der Waals surface area (Å²) in [7, 11) is 0.